The van der Waals surface area contributed by atoms with Gasteiger partial charge in [-0.3, -0.25) is 0 Å². The van der Waals surface area contributed by atoms with Gasteiger partial charge in [0.2, 0.25) is 5.88 Å². The summed E-state index contributed by atoms with van der Waals surface area (Å²) in [5, 5.41) is 9.29. The van der Waals surface area contributed by atoms with Crippen LogP contribution in [0.25, 0.3) is 11.4 Å². The molecule has 168 valence electrons. The van der Waals surface area contributed by atoms with E-state index >= 15 is 0 Å². The van der Waals surface area contributed by atoms with Crippen molar-refractivity contribution in [3.8, 4) is 23.0 Å². The number of ether oxygens (including phenoxy) is 2. The second-order valence-corrected chi connectivity index (χ2v) is 6.28. The van der Waals surface area contributed by atoms with Crippen molar-refractivity contribution in [1.82, 2.24) is 9.97 Å². The zero-order valence-corrected chi connectivity index (χ0v) is 15.7. The number of alkyl halides is 6. The minimum atomic E-state index is -4.90. The Morgan fingerprint density at radius 2 is 1.72 bits per heavy atom. The molecule has 3 aromatic rings. The monoisotopic (exact) mass is 458 g/mol. The molecule has 0 amide bonds. The van der Waals surface area contributed by atoms with E-state index in [1.54, 1.807) is 0 Å². The number of rotatable bonds is 6. The summed E-state index contributed by atoms with van der Waals surface area (Å²) in [5.74, 6) is -2.68. The van der Waals surface area contributed by atoms with E-state index < -0.39 is 47.9 Å². The average Bonchev–Trinajstić information content (AvgIpc) is 2.70. The number of aromatic nitrogens is 2. The largest absolute Gasteiger partial charge is 0.573 e. The Labute approximate surface area is 176 Å². The van der Waals surface area contributed by atoms with Gasteiger partial charge in [0.1, 0.15) is 17.9 Å². The highest BCUT2D eigenvalue weighted by Crippen LogP contribution is 2.32. The van der Waals surface area contributed by atoms with Crippen molar-refractivity contribution in [1.29, 1.82) is 0 Å². The second kappa shape index (κ2) is 8.73. The van der Waals surface area contributed by atoms with Crippen LogP contribution in [0, 0.1) is 0 Å². The zero-order valence-electron chi connectivity index (χ0n) is 15.7. The molecule has 0 atom stereocenters. The summed E-state index contributed by atoms with van der Waals surface area (Å²) in [4.78, 5) is 19.1. The van der Waals surface area contributed by atoms with Gasteiger partial charge in [-0.2, -0.15) is 18.2 Å². The topological polar surface area (TPSA) is 81.5 Å². The zero-order chi connectivity index (χ0) is 23.5. The normalized spacial score (nSPS) is 11.8. The van der Waals surface area contributed by atoms with Crippen molar-refractivity contribution in [2.24, 2.45) is 0 Å². The molecular formula is C20H12F6N2O4. The highest BCUT2D eigenvalue weighted by atomic mass is 19.4. The van der Waals surface area contributed by atoms with Crippen LogP contribution >= 0.6 is 0 Å². The van der Waals surface area contributed by atoms with Gasteiger partial charge >= 0.3 is 18.5 Å². The number of aromatic carboxylic acids is 1. The van der Waals surface area contributed by atoms with E-state index in [1.807, 2.05) is 0 Å². The van der Waals surface area contributed by atoms with Crippen LogP contribution in [0.15, 0.2) is 54.7 Å². The van der Waals surface area contributed by atoms with Gasteiger partial charge < -0.3 is 14.6 Å². The molecule has 0 aliphatic carbocycles. The molecule has 0 aliphatic heterocycles. The van der Waals surface area contributed by atoms with E-state index in [-0.39, 0.29) is 17.0 Å². The lowest BCUT2D eigenvalue weighted by Gasteiger charge is -2.12. The number of hydrogen-bond acceptors (Lipinski definition) is 5. The van der Waals surface area contributed by atoms with Gasteiger partial charge in [-0.15, -0.1) is 13.2 Å². The third-order valence-electron chi connectivity index (χ3n) is 3.94. The molecule has 1 aromatic heterocycles. The number of nitrogens with zero attached hydrogens (tertiary/aromatic N) is 2. The first-order chi connectivity index (χ1) is 14.9. The standard InChI is InChI=1S/C20H12F6N2O4/c21-19(22,23)13-5-2-4-12(8-13)16-27-9-15(18(29)30)17(28-16)31-10-11-3-1-6-14(7-11)32-20(24,25)26/h1-9H,10H2,(H,29,30). The number of halogens is 6. The number of hydrogen-bond donors (Lipinski definition) is 1. The molecule has 1 heterocycles. The van der Waals surface area contributed by atoms with Gasteiger partial charge in [0.05, 0.1) is 5.56 Å². The van der Waals surface area contributed by atoms with Crippen molar-refractivity contribution in [3.63, 3.8) is 0 Å². The summed E-state index contributed by atoms with van der Waals surface area (Å²) in [6.45, 7) is -0.394. The van der Waals surface area contributed by atoms with E-state index in [0.717, 1.165) is 36.5 Å². The molecule has 1 N–H and O–H groups in total. The van der Waals surface area contributed by atoms with E-state index in [2.05, 4.69) is 14.7 Å². The number of benzene rings is 2. The summed E-state index contributed by atoms with van der Waals surface area (Å²) in [7, 11) is 0. The van der Waals surface area contributed by atoms with Crippen molar-refractivity contribution in [2.75, 3.05) is 0 Å². The van der Waals surface area contributed by atoms with Gasteiger partial charge in [-0.1, -0.05) is 24.3 Å². The smallest absolute Gasteiger partial charge is 0.477 e. The molecule has 2 aromatic carbocycles. The molecule has 0 radical (unpaired) electrons. The maximum absolute atomic E-state index is 13.0. The minimum Gasteiger partial charge on any atom is -0.477 e. The van der Waals surface area contributed by atoms with Crippen LogP contribution in [0.2, 0.25) is 0 Å². The maximum Gasteiger partial charge on any atom is 0.573 e. The average molecular weight is 458 g/mol. The summed E-state index contributed by atoms with van der Waals surface area (Å²) in [5.41, 5.74) is -1.28. The van der Waals surface area contributed by atoms with Crippen LogP contribution in [0.3, 0.4) is 0 Å². The number of carboxylic acids is 1. The van der Waals surface area contributed by atoms with E-state index in [1.165, 1.54) is 18.2 Å². The van der Waals surface area contributed by atoms with E-state index in [0.29, 0.717) is 0 Å². The molecule has 0 aliphatic rings. The number of carbonyl (C=O) groups is 1. The second-order valence-electron chi connectivity index (χ2n) is 6.28. The minimum absolute atomic E-state index is 0.0396. The van der Waals surface area contributed by atoms with E-state index in [4.69, 9.17) is 4.74 Å². The van der Waals surface area contributed by atoms with Gasteiger partial charge in [-0.25, -0.2) is 9.78 Å². The Morgan fingerprint density at radius 1 is 1.00 bits per heavy atom. The molecule has 0 saturated heterocycles. The Balaban J connectivity index is 1.88. The fourth-order valence-corrected chi connectivity index (χ4v) is 2.58. The van der Waals surface area contributed by atoms with Crippen LogP contribution in [0.4, 0.5) is 26.3 Å². The lowest BCUT2D eigenvalue weighted by molar-refractivity contribution is -0.274. The van der Waals surface area contributed by atoms with E-state index in [9.17, 15) is 36.2 Å². The Bertz CT molecular complexity index is 1130. The van der Waals surface area contributed by atoms with Crippen LogP contribution in [0.1, 0.15) is 21.5 Å². The van der Waals surface area contributed by atoms with Gasteiger partial charge in [0, 0.05) is 11.8 Å². The van der Waals surface area contributed by atoms with Gasteiger partial charge in [0.25, 0.3) is 0 Å². The number of carboxylic acid groups (broad SMARTS) is 1. The summed E-state index contributed by atoms with van der Waals surface area (Å²) in [6.07, 6.45) is -8.65. The first-order valence-corrected chi connectivity index (χ1v) is 8.68. The molecule has 32 heavy (non-hydrogen) atoms. The third-order valence-corrected chi connectivity index (χ3v) is 3.94. The Kier molecular flexibility index (Phi) is 6.23. The summed E-state index contributed by atoms with van der Waals surface area (Å²) in [6, 6.07) is 8.84. The fourth-order valence-electron chi connectivity index (χ4n) is 2.58. The lowest BCUT2D eigenvalue weighted by Crippen LogP contribution is -2.17. The summed E-state index contributed by atoms with van der Waals surface area (Å²) >= 11 is 0. The van der Waals surface area contributed by atoms with Crippen molar-refractivity contribution in [2.45, 2.75) is 19.1 Å². The van der Waals surface area contributed by atoms with Gasteiger partial charge in [-0.05, 0) is 29.8 Å². The van der Waals surface area contributed by atoms with Crippen LogP contribution in [-0.4, -0.2) is 27.4 Å². The molecule has 0 saturated carbocycles. The highest BCUT2D eigenvalue weighted by molar-refractivity contribution is 5.90. The predicted molar refractivity (Wildman–Crippen MR) is 96.9 cm³/mol. The van der Waals surface area contributed by atoms with Crippen LogP contribution < -0.4 is 9.47 Å². The first-order valence-electron chi connectivity index (χ1n) is 8.68. The predicted octanol–water partition coefficient (Wildman–Crippen LogP) is 5.34. The molecule has 3 rings (SSSR count). The Hall–Kier alpha value is -3.83. The molecule has 6 nitrogen and oxygen atoms in total. The van der Waals surface area contributed by atoms with Crippen molar-refractivity contribution in [3.05, 3.63) is 71.4 Å². The van der Waals surface area contributed by atoms with Gasteiger partial charge in [0.15, 0.2) is 5.82 Å². The van der Waals surface area contributed by atoms with Crippen LogP contribution in [-0.2, 0) is 12.8 Å². The molecule has 0 fully saturated rings. The highest BCUT2D eigenvalue weighted by Gasteiger charge is 2.31. The molecule has 12 heteroatoms. The first kappa shape index (κ1) is 22.8. The van der Waals surface area contributed by atoms with Crippen molar-refractivity contribution < 1.29 is 45.7 Å². The third kappa shape index (κ3) is 5.86. The lowest BCUT2D eigenvalue weighted by atomic mass is 10.1. The maximum atomic E-state index is 13.0. The molecular weight excluding hydrogens is 446 g/mol. The summed E-state index contributed by atoms with van der Waals surface area (Å²) < 4.78 is 85.1. The molecule has 0 unspecified atom stereocenters. The van der Waals surface area contributed by atoms with Crippen molar-refractivity contribution >= 4 is 5.97 Å². The SMILES string of the molecule is O=C(O)c1cnc(-c2cccc(C(F)(F)F)c2)nc1OCc1cccc(OC(F)(F)F)c1. The molecule has 0 bridgehead atoms. The van der Waals surface area contributed by atoms with Crippen LogP contribution in [0.5, 0.6) is 11.6 Å². The fraction of sp³-hybridized carbons (Fsp3) is 0.150. The Morgan fingerprint density at radius 3 is 2.38 bits per heavy atom. The quantitative estimate of drug-likeness (QED) is 0.503. The molecule has 0 spiro atoms.